The Morgan fingerprint density at radius 2 is 1.59 bits per heavy atom. The zero-order chi connectivity index (χ0) is 22.4. The molecule has 0 aliphatic rings. The molecular weight excluding hydrogens is 392 g/mol. The molecular formula is C20H34N4O4S. The summed E-state index contributed by atoms with van der Waals surface area (Å²) in [5.74, 6) is -0.498. The first-order valence-electron chi connectivity index (χ1n) is 9.70. The highest BCUT2D eigenvalue weighted by Gasteiger charge is 2.24. The van der Waals surface area contributed by atoms with Gasteiger partial charge >= 0.3 is 0 Å². The Kier molecular flexibility index (Phi) is 8.80. The minimum Gasteiger partial charge on any atom is -0.350 e. The van der Waals surface area contributed by atoms with Gasteiger partial charge in [0.1, 0.15) is 0 Å². The zero-order valence-corrected chi connectivity index (χ0v) is 19.3. The molecule has 2 N–H and O–H groups in total. The van der Waals surface area contributed by atoms with Crippen molar-refractivity contribution >= 4 is 27.5 Å². The van der Waals surface area contributed by atoms with Gasteiger partial charge in [-0.25, -0.2) is 8.42 Å². The second-order valence-electron chi connectivity index (χ2n) is 8.09. The van der Waals surface area contributed by atoms with Crippen LogP contribution in [0.5, 0.6) is 0 Å². The van der Waals surface area contributed by atoms with Gasteiger partial charge in [0.15, 0.2) is 0 Å². The number of hydrogen-bond acceptors (Lipinski definition) is 5. The van der Waals surface area contributed by atoms with Gasteiger partial charge in [0.05, 0.1) is 18.0 Å². The molecule has 0 spiro atoms. The Hall–Kier alpha value is -1.97. The van der Waals surface area contributed by atoms with Gasteiger partial charge in [0, 0.05) is 24.3 Å². The van der Waals surface area contributed by atoms with Gasteiger partial charge in [0.2, 0.25) is 21.8 Å². The topological polar surface area (TPSA) is 98.8 Å². The van der Waals surface area contributed by atoms with Gasteiger partial charge in [-0.2, -0.15) is 4.31 Å². The summed E-state index contributed by atoms with van der Waals surface area (Å²) < 4.78 is 27.0. The van der Waals surface area contributed by atoms with Crippen LogP contribution in [0.25, 0.3) is 0 Å². The van der Waals surface area contributed by atoms with Crippen LogP contribution in [0, 0.1) is 6.92 Å². The van der Waals surface area contributed by atoms with E-state index in [4.69, 9.17) is 0 Å². The highest BCUT2D eigenvalue weighted by molar-refractivity contribution is 7.89. The fraction of sp³-hybridized carbons (Fsp3) is 0.600. The van der Waals surface area contributed by atoms with E-state index in [0.29, 0.717) is 24.3 Å². The van der Waals surface area contributed by atoms with Crippen LogP contribution in [-0.2, 0) is 19.6 Å². The summed E-state index contributed by atoms with van der Waals surface area (Å²) in [6.07, 6.45) is 0. The molecule has 0 saturated heterocycles. The van der Waals surface area contributed by atoms with E-state index >= 15 is 0 Å². The lowest BCUT2D eigenvalue weighted by Crippen LogP contribution is -2.46. The lowest BCUT2D eigenvalue weighted by atomic mass is 10.1. The molecule has 2 amide bonds. The Bertz CT molecular complexity index is 827. The van der Waals surface area contributed by atoms with E-state index in [0.717, 1.165) is 0 Å². The van der Waals surface area contributed by atoms with E-state index in [1.807, 2.05) is 20.8 Å². The SMILES string of the molecule is CCN(CC)S(=O)(=O)c1cc(NC(=O)CN(C)CC(=O)NC(C)(C)C)ccc1C. The van der Waals surface area contributed by atoms with Crippen LogP contribution in [0.3, 0.4) is 0 Å². The second kappa shape index (κ2) is 10.2. The molecule has 0 aromatic heterocycles. The number of sulfonamides is 1. The number of carbonyl (C=O) groups is 2. The fourth-order valence-corrected chi connectivity index (χ4v) is 4.57. The fourth-order valence-electron chi connectivity index (χ4n) is 2.86. The monoisotopic (exact) mass is 426 g/mol. The van der Waals surface area contributed by atoms with Crippen molar-refractivity contribution in [2.24, 2.45) is 0 Å². The molecule has 0 bridgehead atoms. The van der Waals surface area contributed by atoms with Crippen molar-refractivity contribution < 1.29 is 18.0 Å². The number of anilines is 1. The molecule has 29 heavy (non-hydrogen) atoms. The van der Waals surface area contributed by atoms with Crippen LogP contribution in [0.2, 0.25) is 0 Å². The number of benzene rings is 1. The number of aryl methyl sites for hydroxylation is 1. The summed E-state index contributed by atoms with van der Waals surface area (Å²) in [7, 11) is -1.95. The summed E-state index contributed by atoms with van der Waals surface area (Å²) >= 11 is 0. The molecule has 0 fully saturated rings. The highest BCUT2D eigenvalue weighted by Crippen LogP contribution is 2.23. The van der Waals surface area contributed by atoms with E-state index in [1.165, 1.54) is 10.4 Å². The summed E-state index contributed by atoms with van der Waals surface area (Å²) in [4.78, 5) is 26.1. The molecule has 0 heterocycles. The molecule has 164 valence electrons. The minimum atomic E-state index is -3.63. The summed E-state index contributed by atoms with van der Waals surface area (Å²) in [5, 5.41) is 5.55. The van der Waals surface area contributed by atoms with E-state index in [1.54, 1.807) is 44.9 Å². The van der Waals surface area contributed by atoms with Crippen LogP contribution in [0.15, 0.2) is 23.1 Å². The maximum absolute atomic E-state index is 12.8. The maximum Gasteiger partial charge on any atom is 0.243 e. The van der Waals surface area contributed by atoms with E-state index in [2.05, 4.69) is 10.6 Å². The molecule has 0 unspecified atom stereocenters. The largest absolute Gasteiger partial charge is 0.350 e. The first-order chi connectivity index (χ1) is 13.3. The van der Waals surface area contributed by atoms with Gasteiger partial charge in [-0.3, -0.25) is 14.5 Å². The number of nitrogens with one attached hydrogen (secondary N) is 2. The summed E-state index contributed by atoms with van der Waals surface area (Å²) in [6, 6.07) is 4.82. The Labute approximate surface area is 174 Å². The molecule has 0 aliphatic heterocycles. The third kappa shape index (κ3) is 7.75. The molecule has 0 saturated carbocycles. The molecule has 0 radical (unpaired) electrons. The van der Waals surface area contributed by atoms with Crippen molar-refractivity contribution in [3.63, 3.8) is 0 Å². The molecule has 0 aliphatic carbocycles. The third-order valence-corrected chi connectivity index (χ3v) is 6.33. The predicted octanol–water partition coefficient (Wildman–Crippen LogP) is 1.81. The van der Waals surface area contributed by atoms with Gasteiger partial charge in [-0.15, -0.1) is 0 Å². The quantitative estimate of drug-likeness (QED) is 0.627. The first-order valence-corrected chi connectivity index (χ1v) is 11.1. The van der Waals surface area contributed by atoms with E-state index < -0.39 is 10.0 Å². The molecule has 1 aromatic carbocycles. The van der Waals surface area contributed by atoms with Gasteiger partial charge in [-0.05, 0) is 52.4 Å². The smallest absolute Gasteiger partial charge is 0.243 e. The van der Waals surface area contributed by atoms with Crippen LogP contribution >= 0.6 is 0 Å². The number of hydrogen-bond donors (Lipinski definition) is 2. The molecule has 8 nitrogen and oxygen atoms in total. The number of carbonyl (C=O) groups excluding carboxylic acids is 2. The maximum atomic E-state index is 12.8. The van der Waals surface area contributed by atoms with Gasteiger partial charge in [-0.1, -0.05) is 19.9 Å². The second-order valence-corrected chi connectivity index (χ2v) is 9.99. The Balaban J connectivity index is 2.84. The number of likely N-dealkylation sites (N-methyl/N-ethyl adjacent to an activating group) is 1. The van der Waals surface area contributed by atoms with Crippen LogP contribution < -0.4 is 10.6 Å². The number of nitrogens with zero attached hydrogens (tertiary/aromatic N) is 2. The van der Waals surface area contributed by atoms with Gasteiger partial charge < -0.3 is 10.6 Å². The van der Waals surface area contributed by atoms with Crippen molar-refractivity contribution in [3.8, 4) is 0 Å². The van der Waals surface area contributed by atoms with Crippen LogP contribution in [-0.4, -0.2) is 68.2 Å². The lowest BCUT2D eigenvalue weighted by molar-refractivity contribution is -0.124. The Morgan fingerprint density at radius 3 is 2.10 bits per heavy atom. The highest BCUT2D eigenvalue weighted by atomic mass is 32.2. The average molecular weight is 427 g/mol. The summed E-state index contributed by atoms with van der Waals surface area (Å²) in [6.45, 7) is 11.8. The number of amides is 2. The van der Waals surface area contributed by atoms with Crippen molar-refractivity contribution in [2.45, 2.75) is 52.0 Å². The van der Waals surface area contributed by atoms with Crippen LogP contribution in [0.4, 0.5) is 5.69 Å². The predicted molar refractivity (Wildman–Crippen MR) is 115 cm³/mol. The van der Waals surface area contributed by atoms with Gasteiger partial charge in [0.25, 0.3) is 0 Å². The van der Waals surface area contributed by atoms with Crippen molar-refractivity contribution in [3.05, 3.63) is 23.8 Å². The normalized spacial score (nSPS) is 12.3. The third-order valence-electron chi connectivity index (χ3n) is 4.14. The lowest BCUT2D eigenvalue weighted by Gasteiger charge is -2.23. The van der Waals surface area contributed by atoms with E-state index in [9.17, 15) is 18.0 Å². The molecule has 9 heteroatoms. The standard InChI is InChI=1S/C20H34N4O4S/c1-8-24(9-2)29(27,28)17-12-16(11-10-15(17)3)21-18(25)13-23(7)14-19(26)22-20(4,5)6/h10-12H,8-9,13-14H2,1-7H3,(H,21,25)(H,22,26). The first kappa shape index (κ1) is 25.1. The van der Waals surface area contributed by atoms with Crippen LogP contribution in [0.1, 0.15) is 40.2 Å². The summed E-state index contributed by atoms with van der Waals surface area (Å²) in [5.41, 5.74) is 0.680. The van der Waals surface area contributed by atoms with Crippen molar-refractivity contribution in [2.75, 3.05) is 38.5 Å². The zero-order valence-electron chi connectivity index (χ0n) is 18.5. The average Bonchev–Trinajstić information content (AvgIpc) is 2.55. The minimum absolute atomic E-state index is 0.00354. The molecule has 0 atom stereocenters. The van der Waals surface area contributed by atoms with Crippen molar-refractivity contribution in [1.82, 2.24) is 14.5 Å². The van der Waals surface area contributed by atoms with E-state index in [-0.39, 0.29) is 35.3 Å². The number of rotatable bonds is 9. The Morgan fingerprint density at radius 1 is 1.03 bits per heavy atom. The molecule has 1 rings (SSSR count). The molecule has 1 aromatic rings. The van der Waals surface area contributed by atoms with Crippen molar-refractivity contribution in [1.29, 1.82) is 0 Å².